The third kappa shape index (κ3) is 2.87. The summed E-state index contributed by atoms with van der Waals surface area (Å²) in [5, 5.41) is 2.12. The fourth-order valence-corrected chi connectivity index (χ4v) is 2.19. The van der Waals surface area contributed by atoms with Crippen molar-refractivity contribution in [2.45, 2.75) is 0 Å². The fourth-order valence-electron chi connectivity index (χ4n) is 2.19. The van der Waals surface area contributed by atoms with Crippen LogP contribution in [-0.2, 0) is 9.59 Å². The van der Waals surface area contributed by atoms with Gasteiger partial charge in [-0.3, -0.25) is 14.9 Å². The Morgan fingerprint density at radius 1 is 0.913 bits per heavy atom. The molecule has 0 aromatic heterocycles. The SMILES string of the molecule is O=C1NC(=O)N(c2ccccc2)C(=O)C1=Cc1ccc(F)cc1. The van der Waals surface area contributed by atoms with Crippen LogP contribution in [-0.4, -0.2) is 17.8 Å². The number of para-hydroxylation sites is 1. The molecule has 1 fully saturated rings. The summed E-state index contributed by atoms with van der Waals surface area (Å²) in [5.74, 6) is -1.93. The van der Waals surface area contributed by atoms with Crippen molar-refractivity contribution < 1.29 is 18.8 Å². The molecule has 23 heavy (non-hydrogen) atoms. The molecule has 114 valence electrons. The number of nitrogens with zero attached hydrogens (tertiary/aromatic N) is 1. The first-order valence-electron chi connectivity index (χ1n) is 6.78. The zero-order chi connectivity index (χ0) is 16.4. The lowest BCUT2D eigenvalue weighted by atomic mass is 10.1. The summed E-state index contributed by atoms with van der Waals surface area (Å²) in [5.41, 5.74) is 0.639. The summed E-state index contributed by atoms with van der Waals surface area (Å²) in [6.07, 6.45) is 1.32. The van der Waals surface area contributed by atoms with Gasteiger partial charge >= 0.3 is 6.03 Å². The molecule has 5 nitrogen and oxygen atoms in total. The highest BCUT2D eigenvalue weighted by molar-refractivity contribution is 6.39. The largest absolute Gasteiger partial charge is 0.335 e. The monoisotopic (exact) mass is 310 g/mol. The van der Waals surface area contributed by atoms with Gasteiger partial charge in [0, 0.05) is 0 Å². The van der Waals surface area contributed by atoms with Gasteiger partial charge in [-0.15, -0.1) is 0 Å². The third-order valence-corrected chi connectivity index (χ3v) is 3.30. The average Bonchev–Trinajstić information content (AvgIpc) is 2.54. The number of halogens is 1. The molecule has 1 aliphatic rings. The van der Waals surface area contributed by atoms with E-state index in [4.69, 9.17) is 0 Å². The van der Waals surface area contributed by atoms with Gasteiger partial charge in [0.15, 0.2) is 0 Å². The molecule has 0 aliphatic carbocycles. The Balaban J connectivity index is 2.00. The Hall–Kier alpha value is -3.28. The summed E-state index contributed by atoms with van der Waals surface area (Å²) >= 11 is 0. The van der Waals surface area contributed by atoms with Gasteiger partial charge in [-0.1, -0.05) is 30.3 Å². The molecule has 0 atom stereocenters. The predicted molar refractivity (Wildman–Crippen MR) is 81.8 cm³/mol. The van der Waals surface area contributed by atoms with Gasteiger partial charge in [0.05, 0.1) is 5.69 Å². The molecular formula is C17H11FN2O3. The molecule has 2 aromatic carbocycles. The van der Waals surface area contributed by atoms with E-state index in [0.717, 1.165) is 4.90 Å². The van der Waals surface area contributed by atoms with Crippen LogP contribution < -0.4 is 10.2 Å². The fraction of sp³-hybridized carbons (Fsp3) is 0. The van der Waals surface area contributed by atoms with Gasteiger partial charge in [-0.05, 0) is 35.9 Å². The van der Waals surface area contributed by atoms with Crippen LogP contribution in [0.1, 0.15) is 5.56 Å². The number of urea groups is 1. The van der Waals surface area contributed by atoms with Crippen LogP contribution in [0.3, 0.4) is 0 Å². The number of anilines is 1. The van der Waals surface area contributed by atoms with Gasteiger partial charge in [0.2, 0.25) is 0 Å². The molecule has 0 radical (unpaired) electrons. The zero-order valence-corrected chi connectivity index (χ0v) is 11.8. The number of hydrogen-bond donors (Lipinski definition) is 1. The number of imide groups is 2. The number of benzene rings is 2. The Morgan fingerprint density at radius 3 is 2.22 bits per heavy atom. The average molecular weight is 310 g/mol. The van der Waals surface area contributed by atoms with Crippen LogP contribution in [0.4, 0.5) is 14.9 Å². The van der Waals surface area contributed by atoms with Crippen molar-refractivity contribution in [2.24, 2.45) is 0 Å². The van der Waals surface area contributed by atoms with E-state index in [1.54, 1.807) is 30.3 Å². The lowest BCUT2D eigenvalue weighted by molar-refractivity contribution is -0.122. The molecule has 1 N–H and O–H groups in total. The predicted octanol–water partition coefficient (Wildman–Crippen LogP) is 2.49. The summed E-state index contributed by atoms with van der Waals surface area (Å²) in [6, 6.07) is 12.8. The van der Waals surface area contributed by atoms with E-state index in [1.165, 1.54) is 30.3 Å². The van der Waals surface area contributed by atoms with Crippen molar-refractivity contribution in [1.82, 2.24) is 5.32 Å². The molecule has 0 spiro atoms. The number of hydrogen-bond acceptors (Lipinski definition) is 3. The molecule has 1 saturated heterocycles. The summed E-state index contributed by atoms with van der Waals surface area (Å²) in [4.78, 5) is 37.3. The highest BCUT2D eigenvalue weighted by Crippen LogP contribution is 2.21. The molecule has 6 heteroatoms. The van der Waals surface area contributed by atoms with E-state index in [2.05, 4.69) is 5.32 Å². The van der Waals surface area contributed by atoms with Crippen LogP contribution in [0.5, 0.6) is 0 Å². The smallest absolute Gasteiger partial charge is 0.273 e. The number of nitrogens with one attached hydrogen (secondary N) is 1. The van der Waals surface area contributed by atoms with Gasteiger partial charge in [0.1, 0.15) is 11.4 Å². The molecule has 2 aromatic rings. The van der Waals surface area contributed by atoms with E-state index in [0.29, 0.717) is 11.3 Å². The van der Waals surface area contributed by atoms with Crippen LogP contribution in [0.2, 0.25) is 0 Å². The quantitative estimate of drug-likeness (QED) is 0.684. The number of carbonyl (C=O) groups excluding carboxylic acids is 3. The number of barbiturate groups is 1. The van der Waals surface area contributed by atoms with E-state index in [1.807, 2.05) is 0 Å². The van der Waals surface area contributed by atoms with E-state index < -0.39 is 23.7 Å². The number of rotatable bonds is 2. The summed E-state index contributed by atoms with van der Waals surface area (Å²) in [6.45, 7) is 0. The maximum Gasteiger partial charge on any atom is 0.335 e. The summed E-state index contributed by atoms with van der Waals surface area (Å²) in [7, 11) is 0. The Morgan fingerprint density at radius 2 is 1.57 bits per heavy atom. The van der Waals surface area contributed by atoms with Crippen LogP contribution in [0, 0.1) is 5.82 Å². The van der Waals surface area contributed by atoms with Crippen molar-refractivity contribution in [3.63, 3.8) is 0 Å². The normalized spacial score (nSPS) is 16.7. The molecule has 1 aliphatic heterocycles. The van der Waals surface area contributed by atoms with Gasteiger partial charge < -0.3 is 0 Å². The molecule has 1 heterocycles. The second-order valence-electron chi connectivity index (χ2n) is 4.84. The van der Waals surface area contributed by atoms with E-state index in [9.17, 15) is 18.8 Å². The molecule has 3 rings (SSSR count). The van der Waals surface area contributed by atoms with Gasteiger partial charge in [-0.2, -0.15) is 0 Å². The van der Waals surface area contributed by atoms with Crippen LogP contribution in [0.25, 0.3) is 6.08 Å². The van der Waals surface area contributed by atoms with Crippen molar-refractivity contribution in [1.29, 1.82) is 0 Å². The molecule has 0 bridgehead atoms. The lowest BCUT2D eigenvalue weighted by Crippen LogP contribution is -2.54. The minimum atomic E-state index is -0.803. The topological polar surface area (TPSA) is 66.5 Å². The van der Waals surface area contributed by atoms with E-state index >= 15 is 0 Å². The standard InChI is InChI=1S/C17H11FN2O3/c18-12-8-6-11(7-9-12)10-14-15(21)19-17(23)20(16(14)22)13-4-2-1-3-5-13/h1-10H,(H,19,21,23). The van der Waals surface area contributed by atoms with Crippen molar-refractivity contribution in [2.75, 3.05) is 4.90 Å². The minimum absolute atomic E-state index is 0.194. The highest BCUT2D eigenvalue weighted by atomic mass is 19.1. The molecule has 0 saturated carbocycles. The van der Waals surface area contributed by atoms with Crippen molar-refractivity contribution >= 4 is 29.6 Å². The Bertz CT molecular complexity index is 813. The third-order valence-electron chi connectivity index (χ3n) is 3.30. The van der Waals surface area contributed by atoms with Crippen molar-refractivity contribution in [3.05, 3.63) is 71.6 Å². The second kappa shape index (κ2) is 5.84. The first-order chi connectivity index (χ1) is 11.1. The zero-order valence-electron chi connectivity index (χ0n) is 11.8. The van der Waals surface area contributed by atoms with Gasteiger partial charge in [0.25, 0.3) is 11.8 Å². The second-order valence-corrected chi connectivity index (χ2v) is 4.84. The highest BCUT2D eigenvalue weighted by Gasteiger charge is 2.36. The Labute approximate surface area is 131 Å². The summed E-state index contributed by atoms with van der Waals surface area (Å²) < 4.78 is 12.9. The van der Waals surface area contributed by atoms with E-state index in [-0.39, 0.29) is 5.57 Å². The number of amides is 4. The first-order valence-corrected chi connectivity index (χ1v) is 6.78. The van der Waals surface area contributed by atoms with Crippen LogP contribution >= 0.6 is 0 Å². The maximum absolute atomic E-state index is 12.9. The molecular weight excluding hydrogens is 299 g/mol. The van der Waals surface area contributed by atoms with Gasteiger partial charge in [-0.25, -0.2) is 14.1 Å². The first kappa shape index (κ1) is 14.6. The van der Waals surface area contributed by atoms with Crippen LogP contribution in [0.15, 0.2) is 60.2 Å². The van der Waals surface area contributed by atoms with Crippen molar-refractivity contribution in [3.8, 4) is 0 Å². The number of carbonyl (C=O) groups is 3. The Kier molecular flexibility index (Phi) is 3.72. The lowest BCUT2D eigenvalue weighted by Gasteiger charge is -2.26. The minimum Gasteiger partial charge on any atom is -0.273 e. The molecule has 0 unspecified atom stereocenters. The molecule has 4 amide bonds. The maximum atomic E-state index is 12.9.